The molecule has 0 atom stereocenters. The molecule has 0 aliphatic rings. The van der Waals surface area contributed by atoms with E-state index >= 15 is 0 Å². The summed E-state index contributed by atoms with van der Waals surface area (Å²) in [6.45, 7) is 0.217. The van der Waals surface area contributed by atoms with Crippen molar-refractivity contribution in [2.24, 2.45) is 0 Å². The van der Waals surface area contributed by atoms with Crippen LogP contribution < -0.4 is 4.72 Å². The first-order chi connectivity index (χ1) is 11.5. The Kier molecular flexibility index (Phi) is 4.98. The van der Waals surface area contributed by atoms with Gasteiger partial charge in [0.05, 0.1) is 21.3 Å². The number of sulfonamides is 1. The first kappa shape index (κ1) is 16.7. The van der Waals surface area contributed by atoms with Crippen LogP contribution in [-0.4, -0.2) is 24.9 Å². The highest BCUT2D eigenvalue weighted by Crippen LogP contribution is 2.19. The van der Waals surface area contributed by atoms with E-state index in [2.05, 4.69) is 14.7 Å². The van der Waals surface area contributed by atoms with E-state index in [4.69, 9.17) is 0 Å². The Labute approximate surface area is 143 Å². The number of nitrogens with zero attached hydrogens (tertiary/aromatic N) is 2. The molecule has 0 saturated carbocycles. The molecular formula is C16H14FN3O2S2. The molecule has 0 fully saturated rings. The van der Waals surface area contributed by atoms with Crippen LogP contribution in [-0.2, 0) is 16.4 Å². The zero-order valence-corrected chi connectivity index (χ0v) is 14.1. The molecule has 0 spiro atoms. The Morgan fingerprint density at radius 2 is 1.88 bits per heavy atom. The van der Waals surface area contributed by atoms with Crippen molar-refractivity contribution in [1.29, 1.82) is 0 Å². The fourth-order valence-electron chi connectivity index (χ4n) is 2.05. The topological polar surface area (TPSA) is 72.0 Å². The summed E-state index contributed by atoms with van der Waals surface area (Å²) in [5.74, 6) is -0.473. The molecule has 124 valence electrons. The molecule has 3 aromatic rings. The fourth-order valence-corrected chi connectivity index (χ4v) is 3.87. The van der Waals surface area contributed by atoms with E-state index in [1.807, 2.05) is 23.6 Å². The van der Waals surface area contributed by atoms with E-state index in [1.165, 1.54) is 23.5 Å². The van der Waals surface area contributed by atoms with Crippen LogP contribution in [0, 0.1) is 5.82 Å². The Hall–Kier alpha value is -2.16. The van der Waals surface area contributed by atoms with E-state index in [0.29, 0.717) is 6.42 Å². The number of thiazole rings is 1. The molecule has 0 bridgehead atoms. The third-order valence-corrected chi connectivity index (χ3v) is 5.62. The van der Waals surface area contributed by atoms with E-state index in [-0.39, 0.29) is 11.4 Å². The van der Waals surface area contributed by atoms with Crippen LogP contribution in [0.5, 0.6) is 0 Å². The second-order valence-electron chi connectivity index (χ2n) is 4.94. The third kappa shape index (κ3) is 4.02. The van der Waals surface area contributed by atoms with Gasteiger partial charge in [0.15, 0.2) is 0 Å². The van der Waals surface area contributed by atoms with Crippen molar-refractivity contribution in [3.8, 4) is 11.4 Å². The van der Waals surface area contributed by atoms with Gasteiger partial charge >= 0.3 is 0 Å². The normalized spacial score (nSPS) is 11.5. The number of rotatable bonds is 6. The molecule has 1 N–H and O–H groups in total. The Bertz CT molecular complexity index is 910. The van der Waals surface area contributed by atoms with E-state index in [0.717, 1.165) is 28.5 Å². The van der Waals surface area contributed by atoms with Crippen LogP contribution in [0.25, 0.3) is 11.4 Å². The fraction of sp³-hybridized carbons (Fsp3) is 0.125. The maximum Gasteiger partial charge on any atom is 0.240 e. The molecule has 0 saturated heterocycles. The van der Waals surface area contributed by atoms with Gasteiger partial charge in [0.25, 0.3) is 0 Å². The second kappa shape index (κ2) is 7.16. The molecule has 3 rings (SSSR count). The van der Waals surface area contributed by atoms with Gasteiger partial charge in [-0.05, 0) is 36.4 Å². The number of aromatic nitrogens is 2. The summed E-state index contributed by atoms with van der Waals surface area (Å²) < 4.78 is 39.6. The zero-order valence-electron chi connectivity index (χ0n) is 12.5. The van der Waals surface area contributed by atoms with Crippen molar-refractivity contribution in [2.75, 3.05) is 6.54 Å². The van der Waals surface area contributed by atoms with E-state index < -0.39 is 15.8 Å². The number of hydrogen-bond donors (Lipinski definition) is 1. The van der Waals surface area contributed by atoms with Crippen LogP contribution in [0.2, 0.25) is 0 Å². The lowest BCUT2D eigenvalue weighted by atomic mass is 10.3. The van der Waals surface area contributed by atoms with Crippen LogP contribution in [0.1, 0.15) is 5.01 Å². The van der Waals surface area contributed by atoms with Gasteiger partial charge in [0.1, 0.15) is 5.82 Å². The Morgan fingerprint density at radius 1 is 1.08 bits per heavy atom. The second-order valence-corrected chi connectivity index (χ2v) is 7.65. The Balaban J connectivity index is 1.60. The monoisotopic (exact) mass is 363 g/mol. The Morgan fingerprint density at radius 3 is 2.58 bits per heavy atom. The van der Waals surface area contributed by atoms with Gasteiger partial charge in [-0.15, -0.1) is 11.3 Å². The van der Waals surface area contributed by atoms with Crippen LogP contribution in [0.15, 0.2) is 58.9 Å². The lowest BCUT2D eigenvalue weighted by Gasteiger charge is -2.05. The van der Waals surface area contributed by atoms with Gasteiger partial charge < -0.3 is 0 Å². The molecule has 2 heterocycles. The molecule has 24 heavy (non-hydrogen) atoms. The van der Waals surface area contributed by atoms with Crippen molar-refractivity contribution in [3.05, 3.63) is 64.9 Å². The minimum atomic E-state index is -3.64. The molecule has 0 aliphatic carbocycles. The molecule has 8 heteroatoms. The van der Waals surface area contributed by atoms with Crippen LogP contribution in [0.4, 0.5) is 4.39 Å². The number of pyridine rings is 1. The van der Waals surface area contributed by atoms with Crippen LogP contribution in [0.3, 0.4) is 0 Å². The average Bonchev–Trinajstić information content (AvgIpc) is 3.05. The zero-order chi connectivity index (χ0) is 17.0. The van der Waals surface area contributed by atoms with E-state index in [1.54, 1.807) is 6.20 Å². The minimum Gasteiger partial charge on any atom is -0.255 e. The lowest BCUT2D eigenvalue weighted by molar-refractivity contribution is 0.580. The van der Waals surface area contributed by atoms with Gasteiger partial charge in [-0.3, -0.25) is 4.98 Å². The van der Waals surface area contributed by atoms with Crippen molar-refractivity contribution in [2.45, 2.75) is 11.3 Å². The highest BCUT2D eigenvalue weighted by atomic mass is 32.2. The molecule has 0 radical (unpaired) electrons. The van der Waals surface area contributed by atoms with Crippen molar-refractivity contribution < 1.29 is 12.8 Å². The number of benzene rings is 1. The first-order valence-electron chi connectivity index (χ1n) is 7.16. The molecule has 0 amide bonds. The molecular weight excluding hydrogens is 349 g/mol. The summed E-state index contributed by atoms with van der Waals surface area (Å²) >= 11 is 1.46. The number of hydrogen-bond acceptors (Lipinski definition) is 5. The maximum absolute atomic E-state index is 12.9. The molecule has 0 unspecified atom stereocenters. The molecule has 1 aromatic carbocycles. The summed E-state index contributed by atoms with van der Waals surface area (Å²) in [4.78, 5) is 8.73. The summed E-state index contributed by atoms with van der Waals surface area (Å²) in [6.07, 6.45) is 2.17. The quantitative estimate of drug-likeness (QED) is 0.731. The van der Waals surface area contributed by atoms with Crippen molar-refractivity contribution in [3.63, 3.8) is 0 Å². The van der Waals surface area contributed by atoms with Crippen LogP contribution >= 0.6 is 11.3 Å². The maximum atomic E-state index is 12.9. The van der Waals surface area contributed by atoms with E-state index in [9.17, 15) is 12.8 Å². The molecule has 0 aliphatic heterocycles. The SMILES string of the molecule is O=S(=O)(NCCc1nc(-c2ccccn2)cs1)c1ccc(F)cc1. The smallest absolute Gasteiger partial charge is 0.240 e. The van der Waals surface area contributed by atoms with Gasteiger partial charge in [-0.2, -0.15) is 0 Å². The van der Waals surface area contributed by atoms with Gasteiger partial charge in [-0.25, -0.2) is 22.5 Å². The number of halogens is 1. The predicted octanol–water partition coefficient (Wildman–Crippen LogP) is 2.87. The first-order valence-corrected chi connectivity index (χ1v) is 9.52. The summed E-state index contributed by atoms with van der Waals surface area (Å²) in [7, 11) is -3.64. The predicted molar refractivity (Wildman–Crippen MR) is 90.6 cm³/mol. The van der Waals surface area contributed by atoms with Crippen molar-refractivity contribution in [1.82, 2.24) is 14.7 Å². The summed E-state index contributed by atoms with van der Waals surface area (Å²) in [5.41, 5.74) is 1.56. The minimum absolute atomic E-state index is 0.0391. The van der Waals surface area contributed by atoms with Gasteiger partial charge in [-0.1, -0.05) is 6.07 Å². The summed E-state index contributed by atoms with van der Waals surface area (Å²) in [5, 5.41) is 2.71. The average molecular weight is 363 g/mol. The highest BCUT2D eigenvalue weighted by Gasteiger charge is 2.14. The molecule has 2 aromatic heterocycles. The highest BCUT2D eigenvalue weighted by molar-refractivity contribution is 7.89. The molecule has 5 nitrogen and oxygen atoms in total. The van der Waals surface area contributed by atoms with Gasteiger partial charge in [0.2, 0.25) is 10.0 Å². The largest absolute Gasteiger partial charge is 0.255 e. The number of nitrogens with one attached hydrogen (secondary N) is 1. The van der Waals surface area contributed by atoms with Gasteiger partial charge in [0, 0.05) is 24.5 Å². The van der Waals surface area contributed by atoms with Crippen molar-refractivity contribution >= 4 is 21.4 Å². The lowest BCUT2D eigenvalue weighted by Crippen LogP contribution is -2.25. The third-order valence-electron chi connectivity index (χ3n) is 3.23. The summed E-state index contributed by atoms with van der Waals surface area (Å²) in [6, 6.07) is 10.3. The standard InChI is InChI=1S/C16H14FN3O2S2/c17-12-4-6-13(7-5-12)24(21,22)19-10-8-16-20-15(11-23-16)14-3-1-2-9-18-14/h1-7,9,11,19H,8,10H2.